The maximum atomic E-state index is 15.5. The Labute approximate surface area is 231 Å². The lowest BCUT2D eigenvalue weighted by molar-refractivity contribution is -0.145. The van der Waals surface area contributed by atoms with Crippen LogP contribution < -0.4 is 5.56 Å². The molecule has 9 heteroatoms. The molecule has 0 bridgehead atoms. The van der Waals surface area contributed by atoms with Crippen molar-refractivity contribution in [1.29, 1.82) is 5.26 Å². The van der Waals surface area contributed by atoms with Crippen LogP contribution in [0.25, 0.3) is 16.8 Å². The molecule has 1 aliphatic carbocycles. The number of halogens is 1. The molecule has 1 N–H and O–H groups in total. The van der Waals surface area contributed by atoms with Gasteiger partial charge in [-0.15, -0.1) is 0 Å². The summed E-state index contributed by atoms with van der Waals surface area (Å²) in [5.41, 5.74) is 3.98. The molecule has 40 heavy (non-hydrogen) atoms. The van der Waals surface area contributed by atoms with E-state index in [0.29, 0.717) is 65.6 Å². The molecular weight excluding hydrogens is 511 g/mol. The van der Waals surface area contributed by atoms with Gasteiger partial charge in [-0.3, -0.25) is 9.36 Å². The number of aryl methyl sites for hydroxylation is 1. The predicted molar refractivity (Wildman–Crippen MR) is 148 cm³/mol. The number of carbonyl (C=O) groups is 1. The van der Waals surface area contributed by atoms with E-state index in [1.165, 1.54) is 6.07 Å². The minimum atomic E-state index is -0.995. The molecule has 5 rings (SSSR count). The van der Waals surface area contributed by atoms with Crippen molar-refractivity contribution in [3.63, 3.8) is 0 Å². The highest BCUT2D eigenvalue weighted by atomic mass is 19.1. The Kier molecular flexibility index (Phi) is 8.08. The standard InChI is InChI=1S/C31H31FN4O4/c1-2-5-28-26(16-21-9-8-20(17-27(21)32)25-7-4-3-6-22(25)18-33)31(39)35(29-14-15-34-36(28)29)23-10-12-24(13-11-23)40-19-30(37)38/h3-4,6-9,14-15,17,23-24H,2,5,10-13,16,19H2,1H3,(H,37,38). The maximum absolute atomic E-state index is 15.5. The summed E-state index contributed by atoms with van der Waals surface area (Å²) in [6, 6.07) is 15.9. The van der Waals surface area contributed by atoms with Crippen molar-refractivity contribution in [2.75, 3.05) is 6.61 Å². The minimum Gasteiger partial charge on any atom is -0.480 e. The highest BCUT2D eigenvalue weighted by Crippen LogP contribution is 2.32. The number of benzene rings is 2. The van der Waals surface area contributed by atoms with E-state index in [-0.39, 0.29) is 30.7 Å². The van der Waals surface area contributed by atoms with Gasteiger partial charge < -0.3 is 9.84 Å². The van der Waals surface area contributed by atoms with Gasteiger partial charge in [-0.25, -0.2) is 13.7 Å². The average molecular weight is 543 g/mol. The Morgan fingerprint density at radius 1 is 1.18 bits per heavy atom. The first kappa shape index (κ1) is 27.3. The molecule has 206 valence electrons. The molecule has 1 fully saturated rings. The number of rotatable bonds is 9. The van der Waals surface area contributed by atoms with Gasteiger partial charge in [0.25, 0.3) is 5.56 Å². The summed E-state index contributed by atoms with van der Waals surface area (Å²) in [5.74, 6) is -1.43. The fourth-order valence-corrected chi connectivity index (χ4v) is 5.75. The first-order valence-electron chi connectivity index (χ1n) is 13.6. The van der Waals surface area contributed by atoms with Crippen LogP contribution in [0.3, 0.4) is 0 Å². The number of hydrogen-bond acceptors (Lipinski definition) is 5. The number of fused-ring (bicyclic) bond motifs is 1. The summed E-state index contributed by atoms with van der Waals surface area (Å²) in [6.45, 7) is 1.70. The van der Waals surface area contributed by atoms with Crippen molar-refractivity contribution in [3.05, 3.63) is 93.3 Å². The van der Waals surface area contributed by atoms with Gasteiger partial charge in [0.15, 0.2) is 0 Å². The van der Waals surface area contributed by atoms with E-state index in [9.17, 15) is 14.9 Å². The van der Waals surface area contributed by atoms with Crippen molar-refractivity contribution in [2.45, 2.75) is 64.0 Å². The zero-order valence-electron chi connectivity index (χ0n) is 22.3. The normalized spacial score (nSPS) is 17.1. The zero-order valence-corrected chi connectivity index (χ0v) is 22.3. The molecule has 2 aromatic heterocycles. The van der Waals surface area contributed by atoms with Crippen LogP contribution in [0.5, 0.6) is 0 Å². The highest BCUT2D eigenvalue weighted by Gasteiger charge is 2.28. The molecule has 8 nitrogen and oxygen atoms in total. The van der Waals surface area contributed by atoms with E-state index >= 15 is 4.39 Å². The quantitative estimate of drug-likeness (QED) is 0.307. The Balaban J connectivity index is 1.51. The topological polar surface area (TPSA) is 110 Å². The molecular formula is C31H31FN4O4. The van der Waals surface area contributed by atoms with Gasteiger partial charge in [-0.1, -0.05) is 43.7 Å². The van der Waals surface area contributed by atoms with E-state index < -0.39 is 11.8 Å². The highest BCUT2D eigenvalue weighted by molar-refractivity contribution is 5.70. The number of nitrogens with zero attached hydrogens (tertiary/aromatic N) is 4. The summed E-state index contributed by atoms with van der Waals surface area (Å²) < 4.78 is 24.6. The molecule has 4 aromatic rings. The first-order valence-corrected chi connectivity index (χ1v) is 13.6. The average Bonchev–Trinajstić information content (AvgIpc) is 3.44. The number of nitriles is 1. The molecule has 0 spiro atoms. The van der Waals surface area contributed by atoms with Crippen LogP contribution >= 0.6 is 0 Å². The molecule has 0 aliphatic heterocycles. The number of carboxylic acids is 1. The lowest BCUT2D eigenvalue weighted by atomic mass is 9.92. The third-order valence-corrected chi connectivity index (χ3v) is 7.67. The molecule has 1 aliphatic rings. The second kappa shape index (κ2) is 11.8. The number of aliphatic carboxylic acids is 1. The van der Waals surface area contributed by atoms with E-state index in [1.807, 2.05) is 23.6 Å². The maximum Gasteiger partial charge on any atom is 0.329 e. The molecule has 1 saturated carbocycles. The lowest BCUT2D eigenvalue weighted by Crippen LogP contribution is -2.35. The summed E-state index contributed by atoms with van der Waals surface area (Å²) >= 11 is 0. The lowest BCUT2D eigenvalue weighted by Gasteiger charge is -2.30. The molecule has 0 radical (unpaired) electrons. The molecule has 2 heterocycles. The molecule has 2 aromatic carbocycles. The summed E-state index contributed by atoms with van der Waals surface area (Å²) in [7, 11) is 0. The van der Waals surface area contributed by atoms with Crippen LogP contribution in [0.2, 0.25) is 0 Å². The van der Waals surface area contributed by atoms with Crippen LogP contribution in [0.1, 0.15) is 67.5 Å². The molecule has 0 unspecified atom stereocenters. The fourth-order valence-electron chi connectivity index (χ4n) is 5.75. The zero-order chi connectivity index (χ0) is 28.2. The third kappa shape index (κ3) is 5.40. The first-order chi connectivity index (χ1) is 19.4. The van der Waals surface area contributed by atoms with Crippen molar-refractivity contribution in [1.82, 2.24) is 14.2 Å². The van der Waals surface area contributed by atoms with E-state index in [2.05, 4.69) is 11.2 Å². The Morgan fingerprint density at radius 3 is 2.65 bits per heavy atom. The van der Waals surface area contributed by atoms with Crippen molar-refractivity contribution >= 4 is 11.6 Å². The van der Waals surface area contributed by atoms with Gasteiger partial charge in [0.2, 0.25) is 0 Å². The van der Waals surface area contributed by atoms with Crippen LogP contribution in [-0.4, -0.2) is 38.0 Å². The van der Waals surface area contributed by atoms with Crippen LogP contribution in [0.4, 0.5) is 4.39 Å². The molecule has 0 atom stereocenters. The van der Waals surface area contributed by atoms with Gasteiger partial charge in [0.1, 0.15) is 18.1 Å². The second-order valence-corrected chi connectivity index (χ2v) is 10.2. The Hall–Kier alpha value is -4.29. The smallest absolute Gasteiger partial charge is 0.329 e. The van der Waals surface area contributed by atoms with Gasteiger partial charge >= 0.3 is 5.97 Å². The van der Waals surface area contributed by atoms with Gasteiger partial charge in [0, 0.05) is 24.1 Å². The van der Waals surface area contributed by atoms with E-state index in [1.54, 1.807) is 41.1 Å². The second-order valence-electron chi connectivity index (χ2n) is 10.2. The Bertz CT molecular complexity index is 1640. The van der Waals surface area contributed by atoms with Crippen molar-refractivity contribution in [2.24, 2.45) is 0 Å². The summed E-state index contributed by atoms with van der Waals surface area (Å²) in [5, 5.41) is 22.9. The molecule has 0 saturated heterocycles. The van der Waals surface area contributed by atoms with Gasteiger partial charge in [-0.05, 0) is 60.9 Å². The van der Waals surface area contributed by atoms with Crippen LogP contribution in [-0.2, 0) is 22.4 Å². The molecule has 0 amide bonds. The van der Waals surface area contributed by atoms with Crippen LogP contribution in [0, 0.1) is 17.1 Å². The van der Waals surface area contributed by atoms with Crippen molar-refractivity contribution < 1.29 is 19.0 Å². The van der Waals surface area contributed by atoms with Gasteiger partial charge in [-0.2, -0.15) is 10.4 Å². The van der Waals surface area contributed by atoms with E-state index in [0.717, 1.165) is 12.1 Å². The summed E-state index contributed by atoms with van der Waals surface area (Å²) in [4.78, 5) is 25.0. The predicted octanol–water partition coefficient (Wildman–Crippen LogP) is 5.30. The van der Waals surface area contributed by atoms with Crippen molar-refractivity contribution in [3.8, 4) is 17.2 Å². The largest absolute Gasteiger partial charge is 0.480 e. The number of aromatic nitrogens is 3. The number of carboxylic acid groups (broad SMARTS) is 1. The van der Waals surface area contributed by atoms with E-state index in [4.69, 9.17) is 9.84 Å². The Morgan fingerprint density at radius 2 is 1.95 bits per heavy atom. The monoisotopic (exact) mass is 542 g/mol. The SMILES string of the molecule is CCCc1c(Cc2ccc(-c3ccccc3C#N)cc2F)c(=O)n(C2CCC(OCC(=O)O)CC2)c2ccnn12. The minimum absolute atomic E-state index is 0.0967. The van der Waals surface area contributed by atoms with Crippen LogP contribution in [0.15, 0.2) is 59.5 Å². The van der Waals surface area contributed by atoms with Gasteiger partial charge in [0.05, 0.1) is 29.6 Å². The number of hydrogen-bond donors (Lipinski definition) is 1. The fraction of sp³-hybridized carbons (Fsp3) is 0.355. The number of ether oxygens (including phenoxy) is 1. The third-order valence-electron chi connectivity index (χ3n) is 7.67. The summed E-state index contributed by atoms with van der Waals surface area (Å²) in [6.07, 6.45) is 5.69.